The molecule has 0 radical (unpaired) electrons. The molecule has 0 saturated heterocycles. The molecule has 94 valence electrons. The topological polar surface area (TPSA) is 39.2 Å². The standard InChI is InChI=1S/C13H19NO2S/c1-8(7-16-4)12-14-9-5-13(2,3)6-10(15)11(9)17-12/h8H,5-7H2,1-4H3. The average molecular weight is 253 g/mol. The summed E-state index contributed by atoms with van der Waals surface area (Å²) in [5.41, 5.74) is 1.05. The van der Waals surface area contributed by atoms with Crippen molar-refractivity contribution in [1.82, 2.24) is 4.98 Å². The molecular weight excluding hydrogens is 234 g/mol. The van der Waals surface area contributed by atoms with Crippen molar-refractivity contribution in [3.8, 4) is 0 Å². The lowest BCUT2D eigenvalue weighted by Crippen LogP contribution is -2.26. The predicted octanol–water partition coefficient (Wildman–Crippen LogP) is 3.05. The molecule has 1 heterocycles. The largest absolute Gasteiger partial charge is 0.384 e. The van der Waals surface area contributed by atoms with Gasteiger partial charge in [0.05, 0.1) is 22.2 Å². The lowest BCUT2D eigenvalue weighted by molar-refractivity contribution is 0.0916. The minimum absolute atomic E-state index is 0.0555. The first kappa shape index (κ1) is 12.7. The van der Waals surface area contributed by atoms with Crippen molar-refractivity contribution in [3.63, 3.8) is 0 Å². The van der Waals surface area contributed by atoms with Crippen LogP contribution in [0.5, 0.6) is 0 Å². The van der Waals surface area contributed by atoms with Gasteiger partial charge < -0.3 is 4.74 Å². The number of methoxy groups -OCH3 is 1. The zero-order valence-corrected chi connectivity index (χ0v) is 11.7. The van der Waals surface area contributed by atoms with E-state index in [9.17, 15) is 4.79 Å². The van der Waals surface area contributed by atoms with Gasteiger partial charge in [-0.25, -0.2) is 4.98 Å². The van der Waals surface area contributed by atoms with Gasteiger partial charge in [0, 0.05) is 19.4 Å². The number of ketones is 1. The van der Waals surface area contributed by atoms with Gasteiger partial charge in [0.2, 0.25) is 0 Å². The first-order valence-electron chi connectivity index (χ1n) is 5.94. The minimum Gasteiger partial charge on any atom is -0.384 e. The fraction of sp³-hybridized carbons (Fsp3) is 0.692. The molecule has 1 aliphatic rings. The first-order valence-corrected chi connectivity index (χ1v) is 6.76. The number of thiazole rings is 1. The van der Waals surface area contributed by atoms with Crippen LogP contribution >= 0.6 is 11.3 Å². The highest BCUT2D eigenvalue weighted by Crippen LogP contribution is 2.38. The maximum atomic E-state index is 12.0. The molecule has 3 nitrogen and oxygen atoms in total. The van der Waals surface area contributed by atoms with Crippen LogP contribution in [-0.4, -0.2) is 24.5 Å². The third-order valence-electron chi connectivity index (χ3n) is 3.09. The van der Waals surface area contributed by atoms with Crippen LogP contribution in [0.1, 0.15) is 53.5 Å². The second-order valence-corrected chi connectivity index (χ2v) is 6.66. The number of nitrogens with zero attached hydrogens (tertiary/aromatic N) is 1. The van der Waals surface area contributed by atoms with Crippen LogP contribution in [0.4, 0.5) is 0 Å². The van der Waals surface area contributed by atoms with E-state index in [1.54, 1.807) is 18.4 Å². The molecule has 0 amide bonds. The van der Waals surface area contributed by atoms with Crippen molar-refractivity contribution >= 4 is 17.1 Å². The van der Waals surface area contributed by atoms with Crippen molar-refractivity contribution in [3.05, 3.63) is 15.6 Å². The van der Waals surface area contributed by atoms with Gasteiger partial charge in [-0.15, -0.1) is 11.3 Å². The Kier molecular flexibility index (Phi) is 3.36. The maximum absolute atomic E-state index is 12.0. The molecule has 0 saturated carbocycles. The van der Waals surface area contributed by atoms with Crippen LogP contribution in [0.3, 0.4) is 0 Å². The van der Waals surface area contributed by atoms with Crippen LogP contribution in [0.2, 0.25) is 0 Å². The van der Waals surface area contributed by atoms with Gasteiger partial charge in [-0.1, -0.05) is 20.8 Å². The summed E-state index contributed by atoms with van der Waals surface area (Å²) < 4.78 is 5.14. The fourth-order valence-corrected chi connectivity index (χ4v) is 3.33. The lowest BCUT2D eigenvalue weighted by atomic mass is 9.78. The Bertz CT molecular complexity index is 437. The number of fused-ring (bicyclic) bond motifs is 1. The SMILES string of the molecule is COCC(C)c1nc2c(s1)C(=O)CC(C)(C)C2. The molecule has 4 heteroatoms. The minimum atomic E-state index is 0.0555. The lowest BCUT2D eigenvalue weighted by Gasteiger charge is -2.26. The van der Waals surface area contributed by atoms with Crippen molar-refractivity contribution in [2.75, 3.05) is 13.7 Å². The number of hydrogen-bond acceptors (Lipinski definition) is 4. The van der Waals surface area contributed by atoms with E-state index >= 15 is 0 Å². The van der Waals surface area contributed by atoms with Crippen molar-refractivity contribution < 1.29 is 9.53 Å². The Morgan fingerprint density at radius 3 is 2.82 bits per heavy atom. The zero-order chi connectivity index (χ0) is 12.6. The zero-order valence-electron chi connectivity index (χ0n) is 10.9. The Morgan fingerprint density at radius 1 is 1.47 bits per heavy atom. The molecule has 1 aromatic heterocycles. The molecule has 0 aromatic carbocycles. The smallest absolute Gasteiger partial charge is 0.175 e. The molecule has 1 aromatic rings. The van der Waals surface area contributed by atoms with Crippen molar-refractivity contribution in [2.24, 2.45) is 5.41 Å². The highest BCUT2D eigenvalue weighted by atomic mass is 32.1. The summed E-state index contributed by atoms with van der Waals surface area (Å²) in [6, 6.07) is 0. The van der Waals surface area contributed by atoms with Gasteiger partial charge in [0.25, 0.3) is 0 Å². The summed E-state index contributed by atoms with van der Waals surface area (Å²) >= 11 is 1.55. The molecule has 0 bridgehead atoms. The number of hydrogen-bond donors (Lipinski definition) is 0. The highest BCUT2D eigenvalue weighted by molar-refractivity contribution is 7.14. The molecule has 0 aliphatic heterocycles. The fourth-order valence-electron chi connectivity index (χ4n) is 2.27. The second-order valence-electron chi connectivity index (χ2n) is 5.63. The molecule has 1 aliphatic carbocycles. The van der Waals surface area contributed by atoms with Gasteiger partial charge in [-0.2, -0.15) is 0 Å². The number of aromatic nitrogens is 1. The van der Waals surface area contributed by atoms with E-state index in [1.807, 2.05) is 0 Å². The number of Topliss-reactive ketones (excluding diaryl/α,β-unsaturated/α-hetero) is 1. The van der Waals surface area contributed by atoms with Gasteiger partial charge >= 0.3 is 0 Å². The Labute approximate surface area is 106 Å². The summed E-state index contributed by atoms with van der Waals surface area (Å²) in [6.07, 6.45) is 1.55. The number of carbonyl (C=O) groups is 1. The predicted molar refractivity (Wildman–Crippen MR) is 68.8 cm³/mol. The number of carbonyl (C=O) groups excluding carboxylic acids is 1. The van der Waals surface area contributed by atoms with Crippen LogP contribution in [0.25, 0.3) is 0 Å². The summed E-state index contributed by atoms with van der Waals surface area (Å²) in [5, 5.41) is 1.03. The van der Waals surface area contributed by atoms with E-state index in [1.165, 1.54) is 0 Å². The van der Waals surface area contributed by atoms with Gasteiger partial charge in [0.15, 0.2) is 5.78 Å². The Morgan fingerprint density at radius 2 is 2.18 bits per heavy atom. The molecule has 2 rings (SSSR count). The third-order valence-corrected chi connectivity index (χ3v) is 4.46. The molecule has 1 unspecified atom stereocenters. The summed E-state index contributed by atoms with van der Waals surface area (Å²) in [4.78, 5) is 17.5. The molecule has 0 N–H and O–H groups in total. The molecule has 17 heavy (non-hydrogen) atoms. The molecular formula is C13H19NO2S. The molecule has 0 spiro atoms. The van der Waals surface area contributed by atoms with Gasteiger partial charge in [-0.3, -0.25) is 4.79 Å². The normalized spacial score (nSPS) is 20.1. The number of rotatable bonds is 3. The van der Waals surface area contributed by atoms with E-state index in [4.69, 9.17) is 4.74 Å². The Balaban J connectivity index is 2.30. The molecule has 1 atom stereocenters. The Hall–Kier alpha value is -0.740. The summed E-state index contributed by atoms with van der Waals surface area (Å²) in [6.45, 7) is 7.00. The van der Waals surface area contributed by atoms with E-state index < -0.39 is 0 Å². The van der Waals surface area contributed by atoms with Crippen molar-refractivity contribution in [1.29, 1.82) is 0 Å². The third kappa shape index (κ3) is 2.58. The second kappa shape index (κ2) is 4.50. The van der Waals surface area contributed by atoms with E-state index in [0.29, 0.717) is 13.0 Å². The van der Waals surface area contributed by atoms with E-state index in [2.05, 4.69) is 25.8 Å². The highest BCUT2D eigenvalue weighted by Gasteiger charge is 2.34. The van der Waals surface area contributed by atoms with E-state index in [0.717, 1.165) is 22.0 Å². The molecule has 0 fully saturated rings. The quantitative estimate of drug-likeness (QED) is 0.831. The average Bonchev–Trinajstić information content (AvgIpc) is 2.60. The summed E-state index contributed by atoms with van der Waals surface area (Å²) in [7, 11) is 1.69. The van der Waals surface area contributed by atoms with Gasteiger partial charge in [0.1, 0.15) is 0 Å². The summed E-state index contributed by atoms with van der Waals surface area (Å²) in [5.74, 6) is 0.524. The maximum Gasteiger partial charge on any atom is 0.175 e. The van der Waals surface area contributed by atoms with Crippen LogP contribution in [0, 0.1) is 5.41 Å². The van der Waals surface area contributed by atoms with Crippen LogP contribution in [0.15, 0.2) is 0 Å². The van der Waals surface area contributed by atoms with Crippen LogP contribution in [-0.2, 0) is 11.2 Å². The van der Waals surface area contributed by atoms with Crippen molar-refractivity contribution in [2.45, 2.75) is 39.5 Å². The number of ether oxygens (including phenoxy) is 1. The monoisotopic (exact) mass is 253 g/mol. The van der Waals surface area contributed by atoms with Gasteiger partial charge in [-0.05, 0) is 11.8 Å². The van der Waals surface area contributed by atoms with E-state index in [-0.39, 0.29) is 17.1 Å². The first-order chi connectivity index (χ1) is 7.93. The van der Waals surface area contributed by atoms with Crippen LogP contribution < -0.4 is 0 Å².